The average Bonchev–Trinajstić information content (AvgIpc) is 4.02. The number of para-hydroxylation sites is 1. The quantitative estimate of drug-likeness (QED) is 0.0628. The first-order valence-electron chi connectivity index (χ1n) is 26.8. The van der Waals surface area contributed by atoms with E-state index in [0.717, 1.165) is 141 Å². The SMILES string of the molecule is CC(=O)CCCCCCCCCCC(=O)N1CCN(CCOC23C[C@]4(C)CC2(Cn2ncc(-c5ccc(N6CCCc7c6nnc(Nc6nc8ccccc8s6)c7C)nc5C(=O)O)c2C)C[C@](C)(C3)C4)CC1. The third-order valence-electron chi connectivity index (χ3n) is 17.1. The molecule has 4 aliphatic carbocycles. The van der Waals surface area contributed by atoms with Gasteiger partial charge in [-0.1, -0.05) is 75.8 Å². The van der Waals surface area contributed by atoms with Gasteiger partial charge in [0.05, 0.1) is 28.6 Å². The number of amides is 1. The number of nitrogens with zero attached hydrogens (tertiary/aromatic N) is 9. The first-order valence-corrected chi connectivity index (χ1v) is 27.6. The molecule has 1 amide bonds. The second kappa shape index (κ2) is 20.5. The van der Waals surface area contributed by atoms with Crippen LogP contribution in [0.5, 0.6) is 0 Å². The highest BCUT2D eigenvalue weighted by Gasteiger charge is 2.74. The van der Waals surface area contributed by atoms with Gasteiger partial charge in [-0.05, 0) is 114 Å². The Morgan fingerprint density at radius 1 is 0.806 bits per heavy atom. The van der Waals surface area contributed by atoms with Crippen molar-refractivity contribution in [1.82, 2.24) is 39.7 Å². The maximum atomic E-state index is 13.1. The van der Waals surface area contributed by atoms with Crippen LogP contribution in [0.2, 0.25) is 0 Å². The number of thiazole rings is 1. The van der Waals surface area contributed by atoms with Gasteiger partial charge < -0.3 is 29.8 Å². The van der Waals surface area contributed by atoms with Crippen LogP contribution in [0.25, 0.3) is 21.3 Å². The maximum Gasteiger partial charge on any atom is 0.355 e. The van der Waals surface area contributed by atoms with Crippen LogP contribution in [-0.2, 0) is 27.3 Å². The van der Waals surface area contributed by atoms with Crippen molar-refractivity contribution in [2.75, 3.05) is 56.1 Å². The molecule has 72 heavy (non-hydrogen) atoms. The summed E-state index contributed by atoms with van der Waals surface area (Å²) in [5.74, 6) is 1.37. The van der Waals surface area contributed by atoms with Crippen LogP contribution in [0.4, 0.5) is 22.6 Å². The number of piperazine rings is 1. The van der Waals surface area contributed by atoms with Crippen molar-refractivity contribution in [2.45, 2.75) is 156 Å². The van der Waals surface area contributed by atoms with Gasteiger partial charge in [-0.25, -0.2) is 14.8 Å². The molecule has 384 valence electrons. The second-order valence-corrected chi connectivity index (χ2v) is 23.9. The van der Waals surface area contributed by atoms with Crippen molar-refractivity contribution in [3.63, 3.8) is 0 Å². The van der Waals surface area contributed by atoms with Crippen molar-refractivity contribution in [3.05, 3.63) is 65.1 Å². The number of nitrogens with one attached hydrogen (secondary N) is 1. The third-order valence-corrected chi connectivity index (χ3v) is 18.0. The molecule has 2 aliphatic heterocycles. The van der Waals surface area contributed by atoms with E-state index in [0.29, 0.717) is 54.9 Å². The zero-order valence-corrected chi connectivity index (χ0v) is 44.0. The van der Waals surface area contributed by atoms with E-state index >= 15 is 0 Å². The summed E-state index contributed by atoms with van der Waals surface area (Å²) < 4.78 is 10.5. The van der Waals surface area contributed by atoms with E-state index in [4.69, 9.17) is 24.9 Å². The predicted octanol–water partition coefficient (Wildman–Crippen LogP) is 10.9. The second-order valence-electron chi connectivity index (χ2n) is 22.9. The Balaban J connectivity index is 0.766. The lowest BCUT2D eigenvalue weighted by atomic mass is 9.61. The number of hydrogen-bond donors (Lipinski definition) is 2. The molecule has 2 unspecified atom stereocenters. The van der Waals surface area contributed by atoms with Crippen LogP contribution in [0, 0.1) is 30.1 Å². The number of Topliss-reactive ketones (excluding diaryl/α,β-unsaturated/α-hetero) is 1. The van der Waals surface area contributed by atoms with Crippen molar-refractivity contribution in [2.24, 2.45) is 16.2 Å². The summed E-state index contributed by atoms with van der Waals surface area (Å²) in [6, 6.07) is 11.8. The van der Waals surface area contributed by atoms with Crippen LogP contribution < -0.4 is 10.2 Å². The number of aromatic nitrogens is 6. The molecular weight excluding hydrogens is 925 g/mol. The van der Waals surface area contributed by atoms with Crippen molar-refractivity contribution < 1.29 is 24.2 Å². The van der Waals surface area contributed by atoms with Crippen LogP contribution >= 0.6 is 11.3 Å². The van der Waals surface area contributed by atoms with Crippen LogP contribution in [-0.4, -0.2) is 114 Å². The van der Waals surface area contributed by atoms with Gasteiger partial charge in [0.2, 0.25) is 5.91 Å². The van der Waals surface area contributed by atoms with Crippen LogP contribution in [0.15, 0.2) is 42.6 Å². The molecule has 5 fully saturated rings. The largest absolute Gasteiger partial charge is 0.476 e. The number of aromatic carboxylic acids is 1. The summed E-state index contributed by atoms with van der Waals surface area (Å²) in [7, 11) is 0. The van der Waals surface area contributed by atoms with Gasteiger partial charge in [0.1, 0.15) is 11.6 Å². The highest BCUT2D eigenvalue weighted by molar-refractivity contribution is 7.22. The number of carbonyl (C=O) groups is 3. The average molecular weight is 999 g/mol. The van der Waals surface area contributed by atoms with Gasteiger partial charge >= 0.3 is 5.97 Å². The fraction of sp³-hybridized carbons (Fsp3) is 0.607. The van der Waals surface area contributed by atoms with Gasteiger partial charge in [0, 0.05) is 92.0 Å². The highest BCUT2D eigenvalue weighted by Crippen LogP contribution is 2.77. The molecule has 4 atom stereocenters. The fourth-order valence-electron chi connectivity index (χ4n) is 14.3. The molecule has 4 aromatic heterocycles. The van der Waals surface area contributed by atoms with Crippen molar-refractivity contribution >= 4 is 61.8 Å². The number of carboxylic acid groups (broad SMARTS) is 1. The van der Waals surface area contributed by atoms with Crippen LogP contribution in [0.1, 0.15) is 151 Å². The summed E-state index contributed by atoms with van der Waals surface area (Å²) in [6.07, 6.45) is 19.4. The normalized spacial score (nSPS) is 24.6. The number of benzene rings is 1. The number of unbranched alkanes of at least 4 members (excludes halogenated alkanes) is 7. The molecule has 6 aliphatic rings. The number of fused-ring (bicyclic) bond motifs is 2. The molecular formula is C56H74N10O5S. The Morgan fingerprint density at radius 2 is 1.51 bits per heavy atom. The predicted molar refractivity (Wildman–Crippen MR) is 282 cm³/mol. The first kappa shape index (κ1) is 50.2. The number of ketones is 1. The highest BCUT2D eigenvalue weighted by atomic mass is 32.1. The zero-order valence-electron chi connectivity index (χ0n) is 43.2. The minimum Gasteiger partial charge on any atom is -0.476 e. The van der Waals surface area contributed by atoms with Gasteiger partial charge in [-0.3, -0.25) is 14.4 Å². The van der Waals surface area contributed by atoms with Gasteiger partial charge in [-0.15, -0.1) is 10.2 Å². The zero-order chi connectivity index (χ0) is 50.3. The Morgan fingerprint density at radius 3 is 2.22 bits per heavy atom. The molecule has 16 heteroatoms. The number of hydrogen-bond acceptors (Lipinski definition) is 13. The molecule has 4 saturated carbocycles. The summed E-state index contributed by atoms with van der Waals surface area (Å²) >= 11 is 1.57. The standard InChI is InChI=1S/C56H74N10O5S/c1-38(67)17-12-10-8-6-7-9-11-13-21-47(68)64-27-25-63(26-28-64)29-30-71-56-35-53(4)32-54(5,36-56)34-55(56,33-53)37-66-40(3)43(31-57-66)42-22-23-46(59-48(42)51(69)70)65-24-16-18-41-39(2)49(61-62-50(41)65)60-52-58-44-19-14-15-20-45(44)72-52/h14-15,19-20,22-23,31H,6-13,16-18,21,24-30,32-37H2,1-5H3,(H,69,70)(H,58,60,61)/t53-,54+,55?,56?. The summed E-state index contributed by atoms with van der Waals surface area (Å²) in [4.78, 5) is 53.4. The molecule has 0 radical (unpaired) electrons. The molecule has 4 bridgehead atoms. The van der Waals surface area contributed by atoms with E-state index in [1.807, 2.05) is 48.4 Å². The Bertz CT molecular complexity index is 2770. The smallest absolute Gasteiger partial charge is 0.355 e. The van der Waals surface area contributed by atoms with E-state index < -0.39 is 5.97 Å². The fourth-order valence-corrected chi connectivity index (χ4v) is 15.2. The number of carbonyl (C=O) groups excluding carboxylic acids is 2. The van der Waals surface area contributed by atoms with E-state index in [-0.39, 0.29) is 33.3 Å². The molecule has 11 rings (SSSR count). The van der Waals surface area contributed by atoms with Crippen molar-refractivity contribution in [1.29, 1.82) is 0 Å². The van der Waals surface area contributed by atoms with Gasteiger partial charge in [0.25, 0.3) is 0 Å². The summed E-state index contributed by atoms with van der Waals surface area (Å²) in [5, 5.41) is 29.2. The number of ether oxygens (including phenoxy) is 1. The number of rotatable bonds is 22. The summed E-state index contributed by atoms with van der Waals surface area (Å²) in [6.45, 7) is 16.9. The Labute approximate surface area is 428 Å². The number of anilines is 4. The number of pyridine rings is 1. The molecule has 2 N–H and O–H groups in total. The Hall–Kier alpha value is -5.32. The van der Waals surface area contributed by atoms with Crippen molar-refractivity contribution in [3.8, 4) is 11.1 Å². The lowest BCUT2D eigenvalue weighted by Crippen LogP contribution is -2.50. The van der Waals surface area contributed by atoms with E-state index in [2.05, 4.69) is 51.7 Å². The first-order chi connectivity index (χ1) is 34.6. The topological polar surface area (TPSA) is 172 Å². The molecule has 0 spiro atoms. The third kappa shape index (κ3) is 10.2. The van der Waals surface area contributed by atoms with E-state index in [9.17, 15) is 19.5 Å². The summed E-state index contributed by atoms with van der Waals surface area (Å²) in [5.41, 5.74) is 5.26. The van der Waals surface area contributed by atoms with Gasteiger partial charge in [0.15, 0.2) is 22.5 Å². The number of carboxylic acids is 1. The lowest BCUT2D eigenvalue weighted by molar-refractivity contribution is -0.134. The maximum absolute atomic E-state index is 13.1. The minimum atomic E-state index is -1.09. The Kier molecular flexibility index (Phi) is 14.3. The van der Waals surface area contributed by atoms with E-state index in [1.165, 1.54) is 32.1 Å². The van der Waals surface area contributed by atoms with Crippen LogP contribution in [0.3, 0.4) is 0 Å². The monoisotopic (exact) mass is 999 g/mol. The molecule has 6 heterocycles. The lowest BCUT2D eigenvalue weighted by Gasteiger charge is -2.44. The van der Waals surface area contributed by atoms with E-state index in [1.54, 1.807) is 18.3 Å². The molecule has 1 saturated heterocycles. The molecule has 5 aromatic rings. The minimum absolute atomic E-state index is 0.0124. The molecule has 15 nitrogen and oxygen atoms in total. The van der Waals surface area contributed by atoms with Gasteiger partial charge in [-0.2, -0.15) is 5.10 Å². The molecule has 1 aromatic carbocycles.